The van der Waals surface area contributed by atoms with Gasteiger partial charge in [-0.15, -0.1) is 0 Å². The lowest BCUT2D eigenvalue weighted by atomic mass is 9.26. The Balaban J connectivity index is 1.65. The van der Waals surface area contributed by atoms with Gasteiger partial charge in [0, 0.05) is 28.3 Å². The van der Waals surface area contributed by atoms with Crippen molar-refractivity contribution >= 4 is 56.0 Å². The van der Waals surface area contributed by atoms with Crippen molar-refractivity contribution in [3.8, 4) is 0 Å². The highest BCUT2D eigenvalue weighted by atomic mass is 32.1. The van der Waals surface area contributed by atoms with Gasteiger partial charge in [-0.25, -0.2) is 9.59 Å². The molecule has 0 spiro atoms. The number of hydrogen-bond donors (Lipinski definition) is 6. The molecule has 4 saturated carbocycles. The second-order valence-electron chi connectivity index (χ2n) is 16.7. The zero-order valence-corrected chi connectivity index (χ0v) is 30.8. The molecular weight excluding hydrogens is 628 g/mol. The first-order valence-electron chi connectivity index (χ1n) is 17.7. The van der Waals surface area contributed by atoms with Crippen molar-refractivity contribution in [3.05, 3.63) is 34.9 Å². The topological polar surface area (TPSA) is 154 Å². The average molecular weight is 682 g/mol. The van der Waals surface area contributed by atoms with E-state index >= 15 is 0 Å². The van der Waals surface area contributed by atoms with Crippen LogP contribution in [0.4, 0.5) is 0 Å². The number of carbonyl (C=O) groups is 2. The monoisotopic (exact) mass is 682 g/mol. The van der Waals surface area contributed by atoms with Gasteiger partial charge in [0.05, 0.1) is 30.3 Å². The number of allylic oxidation sites excluding steroid dienone is 3. The minimum atomic E-state index is -1.59. The van der Waals surface area contributed by atoms with Gasteiger partial charge >= 0.3 is 11.9 Å². The van der Waals surface area contributed by atoms with Crippen LogP contribution in [0.2, 0.25) is 15.9 Å². The van der Waals surface area contributed by atoms with Crippen LogP contribution < -0.4 is 0 Å². The van der Waals surface area contributed by atoms with Crippen molar-refractivity contribution in [1.29, 1.82) is 0 Å². The second kappa shape index (κ2) is 13.0. The van der Waals surface area contributed by atoms with Gasteiger partial charge in [0.25, 0.3) is 0 Å². The summed E-state index contributed by atoms with van der Waals surface area (Å²) in [5.74, 6) is -2.10. The number of ether oxygens (including phenoxy) is 2. The number of fused-ring (bicyclic) bond motifs is 7. The zero-order chi connectivity index (χ0) is 35.8. The number of thiol groups is 1. The molecule has 9 nitrogen and oxygen atoms in total. The van der Waals surface area contributed by atoms with Crippen LogP contribution in [-0.2, 0) is 19.1 Å². The standard InChI is InChI=1S/C34H54B4O9S/c1-5-16(3)28(44)46-26-27(47-29(45)17(4)6-2)34(38,48)13-19-18-7-8-20-31(35)12-10-22(41)33(37,15-40)21(31)9-11-32(20,36)23(18)24(42)25(43)30(19,26)14-39/h5-7,19-27,39-43,48H,8-15,35-38H2,1-4H3/b16-5-,17-6-/t19?,20?,21?,22-,23?,24+,25+,26-,27-,30-,31-,32-,33-,34+/m0/s1. The van der Waals surface area contributed by atoms with Crippen LogP contribution in [-0.4, -0.2) is 117 Å². The van der Waals surface area contributed by atoms with Gasteiger partial charge in [-0.1, -0.05) is 48.4 Å². The highest BCUT2D eigenvalue weighted by Crippen LogP contribution is 2.76. The fourth-order valence-electron chi connectivity index (χ4n) is 11.4. The molecule has 14 atom stereocenters. The van der Waals surface area contributed by atoms with Gasteiger partial charge in [0.2, 0.25) is 0 Å². The molecule has 5 N–H and O–H groups in total. The van der Waals surface area contributed by atoms with Crippen molar-refractivity contribution in [3.63, 3.8) is 0 Å². The Labute approximate surface area is 294 Å². The predicted molar refractivity (Wildman–Crippen MR) is 197 cm³/mol. The lowest BCUT2D eigenvalue weighted by Crippen LogP contribution is -2.74. The summed E-state index contributed by atoms with van der Waals surface area (Å²) in [4.78, 5) is 26.7. The highest BCUT2D eigenvalue weighted by molar-refractivity contribution is 7.83. The predicted octanol–water partition coefficient (Wildman–Crippen LogP) is -0.769. The Morgan fingerprint density at radius 1 is 0.896 bits per heavy atom. The van der Waals surface area contributed by atoms with Crippen molar-refractivity contribution < 1.29 is 44.6 Å². The summed E-state index contributed by atoms with van der Waals surface area (Å²) in [5, 5.41) is 56.4. The van der Waals surface area contributed by atoms with Crippen molar-refractivity contribution in [2.45, 2.75) is 117 Å². The molecule has 0 heterocycles. The zero-order valence-electron chi connectivity index (χ0n) is 29.9. The maximum absolute atomic E-state index is 13.4. The van der Waals surface area contributed by atoms with Crippen molar-refractivity contribution in [1.82, 2.24) is 0 Å². The minimum Gasteiger partial charge on any atom is -0.454 e. The van der Waals surface area contributed by atoms with E-state index in [9.17, 15) is 35.1 Å². The number of carbonyl (C=O) groups excluding carboxylic acids is 2. The average Bonchev–Trinajstić information content (AvgIpc) is 3.05. The maximum atomic E-state index is 13.4. The van der Waals surface area contributed by atoms with E-state index in [1.807, 2.05) is 15.7 Å². The van der Waals surface area contributed by atoms with Crippen LogP contribution in [0.15, 0.2) is 34.9 Å². The molecule has 0 aromatic heterocycles. The van der Waals surface area contributed by atoms with Gasteiger partial charge in [-0.3, -0.25) is 0 Å². The number of rotatable bonds is 6. The molecule has 4 unspecified atom stereocenters. The molecular formula is C34H54B4O9S. The van der Waals surface area contributed by atoms with E-state index in [4.69, 9.17) is 22.1 Å². The van der Waals surface area contributed by atoms with E-state index < -0.39 is 81.6 Å². The maximum Gasteiger partial charge on any atom is 0.333 e. The molecule has 0 radical (unpaired) electrons. The normalized spacial score (nSPS) is 49.0. The fraction of sp³-hybridized carbons (Fsp3) is 0.765. The van der Waals surface area contributed by atoms with Gasteiger partial charge in [-0.05, 0) is 75.3 Å². The van der Waals surface area contributed by atoms with Crippen LogP contribution in [0, 0.1) is 29.1 Å². The lowest BCUT2D eigenvalue weighted by molar-refractivity contribution is -0.246. The highest BCUT2D eigenvalue weighted by Gasteiger charge is 2.73. The molecule has 14 heteroatoms. The summed E-state index contributed by atoms with van der Waals surface area (Å²) in [5.41, 5.74) is -0.00279. The SMILES string of the molecule is B[C@@]12CCC3[C@](B)(CC[C@H](O)[C@]3(B)CO)C1CC=C1C2[C@@H](O)[C@@H](O)[C@]2(CO)C1C[C@@](B)(S)[C@@H](OC(=O)/C(C)=C\C)[C@@H]2OC(=O)/C(C)=C\C. The minimum absolute atomic E-state index is 0.0825. The third-order valence-electron chi connectivity index (χ3n) is 14.4. The van der Waals surface area contributed by atoms with Crippen LogP contribution in [0.1, 0.15) is 66.2 Å². The van der Waals surface area contributed by atoms with Crippen LogP contribution in [0.25, 0.3) is 0 Å². The number of aliphatic hydroxyl groups excluding tert-OH is 5. The molecule has 5 aliphatic carbocycles. The van der Waals surface area contributed by atoms with Crippen LogP contribution >= 0.6 is 12.6 Å². The first-order chi connectivity index (χ1) is 22.3. The van der Waals surface area contributed by atoms with Gasteiger partial charge < -0.3 is 35.0 Å². The number of hydrogen-bond acceptors (Lipinski definition) is 10. The third kappa shape index (κ3) is 5.28. The molecule has 48 heavy (non-hydrogen) atoms. The molecule has 5 aliphatic rings. The summed E-state index contributed by atoms with van der Waals surface area (Å²) >= 11 is 5.07. The lowest BCUT2D eigenvalue weighted by Gasteiger charge is -2.70. The molecule has 0 aromatic carbocycles. The summed E-state index contributed by atoms with van der Waals surface area (Å²) < 4.78 is 11.2. The summed E-state index contributed by atoms with van der Waals surface area (Å²) in [6.45, 7) is 5.92. The van der Waals surface area contributed by atoms with E-state index in [-0.39, 0.29) is 23.8 Å². The Morgan fingerprint density at radius 3 is 2.00 bits per heavy atom. The van der Waals surface area contributed by atoms with E-state index in [1.54, 1.807) is 39.8 Å². The molecule has 4 fully saturated rings. The van der Waals surface area contributed by atoms with Crippen molar-refractivity contribution in [2.24, 2.45) is 29.1 Å². The number of aliphatic hydroxyl groups is 5. The van der Waals surface area contributed by atoms with E-state index in [0.717, 1.165) is 24.8 Å². The second-order valence-corrected chi connectivity index (χ2v) is 17.7. The fourth-order valence-corrected chi connectivity index (χ4v) is 11.7. The molecule has 0 saturated heterocycles. The molecule has 0 bridgehead atoms. The summed E-state index contributed by atoms with van der Waals surface area (Å²) in [6, 6.07) is 0. The first kappa shape index (κ1) is 37.8. The van der Waals surface area contributed by atoms with E-state index in [0.29, 0.717) is 30.4 Å². The Bertz CT molecular complexity index is 1410. The van der Waals surface area contributed by atoms with Crippen LogP contribution in [0.3, 0.4) is 0 Å². The van der Waals surface area contributed by atoms with Gasteiger partial charge in [0.15, 0.2) is 6.10 Å². The molecule has 0 amide bonds. The summed E-state index contributed by atoms with van der Waals surface area (Å²) in [7, 11) is 8.31. The molecule has 0 aromatic rings. The largest absolute Gasteiger partial charge is 0.454 e. The third-order valence-corrected chi connectivity index (χ3v) is 14.9. The van der Waals surface area contributed by atoms with E-state index in [1.165, 1.54) is 0 Å². The Kier molecular flexibility index (Phi) is 10.2. The van der Waals surface area contributed by atoms with E-state index in [2.05, 4.69) is 21.8 Å². The number of esters is 2. The molecule has 262 valence electrons. The summed E-state index contributed by atoms with van der Waals surface area (Å²) in [6.07, 6.45) is 3.35. The Morgan fingerprint density at radius 2 is 1.46 bits per heavy atom. The molecule has 0 aliphatic heterocycles. The Hall–Kier alpha value is -1.43. The smallest absolute Gasteiger partial charge is 0.333 e. The first-order valence-corrected chi connectivity index (χ1v) is 18.2. The van der Waals surface area contributed by atoms with Crippen LogP contribution in [0.5, 0.6) is 0 Å². The molecule has 5 rings (SSSR count). The quantitative estimate of drug-likeness (QED) is 0.0698. The van der Waals surface area contributed by atoms with Gasteiger partial charge in [0.1, 0.15) is 37.5 Å². The van der Waals surface area contributed by atoms with Gasteiger partial charge in [-0.2, -0.15) is 12.6 Å². The van der Waals surface area contributed by atoms with Crippen molar-refractivity contribution in [2.75, 3.05) is 13.2 Å².